The van der Waals surface area contributed by atoms with Crippen LogP contribution in [-0.2, 0) is 0 Å². The minimum atomic E-state index is 0.491. The fourth-order valence-corrected chi connectivity index (χ4v) is 3.47. The van der Waals surface area contributed by atoms with Gasteiger partial charge in [-0.3, -0.25) is 0 Å². The Kier molecular flexibility index (Phi) is 9.21. The van der Waals surface area contributed by atoms with Crippen molar-refractivity contribution >= 4 is 0 Å². The molecule has 0 aliphatic carbocycles. The third kappa shape index (κ3) is 6.11. The lowest BCUT2D eigenvalue weighted by molar-refractivity contribution is 0.342. The van der Waals surface area contributed by atoms with Crippen molar-refractivity contribution in [2.45, 2.75) is 84.5 Å². The molecule has 0 fully saturated rings. The van der Waals surface area contributed by atoms with Crippen molar-refractivity contribution in [2.24, 2.45) is 5.92 Å². The quantitative estimate of drug-likeness (QED) is 0.452. The first kappa shape index (κ1) is 18.1. The Balaban J connectivity index is 2.72. The van der Waals surface area contributed by atoms with Gasteiger partial charge >= 0.3 is 0 Å². The molecule has 1 rings (SSSR count). The molecule has 1 aromatic carbocycles. The predicted octanol–water partition coefficient (Wildman–Crippen LogP) is 6.66. The Morgan fingerprint density at radius 1 is 0.857 bits per heavy atom. The normalized spacial score (nSPS) is 14.0. The summed E-state index contributed by atoms with van der Waals surface area (Å²) >= 11 is 0. The summed E-state index contributed by atoms with van der Waals surface area (Å²) in [6, 6.07) is 7.97. The van der Waals surface area contributed by atoms with E-state index in [1.54, 1.807) is 0 Å². The van der Waals surface area contributed by atoms with E-state index in [-0.39, 0.29) is 0 Å². The highest BCUT2D eigenvalue weighted by atomic mass is 16.3. The second kappa shape index (κ2) is 10.7. The van der Waals surface area contributed by atoms with Crippen LogP contribution in [-0.4, -0.2) is 5.11 Å². The maximum absolute atomic E-state index is 10.2. The summed E-state index contributed by atoms with van der Waals surface area (Å²) in [6.45, 7) is 6.83. The molecule has 2 unspecified atom stereocenters. The van der Waals surface area contributed by atoms with E-state index in [0.717, 1.165) is 0 Å². The van der Waals surface area contributed by atoms with Gasteiger partial charge in [0.1, 0.15) is 5.75 Å². The van der Waals surface area contributed by atoms with Crippen LogP contribution in [0.25, 0.3) is 0 Å². The molecule has 0 amide bonds. The van der Waals surface area contributed by atoms with Crippen molar-refractivity contribution in [3.63, 3.8) is 0 Å². The van der Waals surface area contributed by atoms with Crippen molar-refractivity contribution in [2.75, 3.05) is 0 Å². The Labute approximate surface area is 131 Å². The molecular weight excluding hydrogens is 256 g/mol. The summed E-state index contributed by atoms with van der Waals surface area (Å²) in [5.41, 5.74) is 1.17. The van der Waals surface area contributed by atoms with E-state index in [0.29, 0.717) is 17.6 Å². The maximum atomic E-state index is 10.2. The van der Waals surface area contributed by atoms with E-state index in [9.17, 15) is 5.11 Å². The predicted molar refractivity (Wildman–Crippen MR) is 92.9 cm³/mol. The molecule has 0 heterocycles. The molecule has 1 heteroatoms. The van der Waals surface area contributed by atoms with Gasteiger partial charge in [0.2, 0.25) is 0 Å². The van der Waals surface area contributed by atoms with Crippen molar-refractivity contribution in [1.29, 1.82) is 0 Å². The van der Waals surface area contributed by atoms with Gasteiger partial charge in [-0.05, 0) is 29.9 Å². The monoisotopic (exact) mass is 290 g/mol. The Morgan fingerprint density at radius 2 is 1.57 bits per heavy atom. The number of hydrogen-bond donors (Lipinski definition) is 1. The zero-order valence-corrected chi connectivity index (χ0v) is 14.3. The topological polar surface area (TPSA) is 20.2 Å². The first-order chi connectivity index (χ1) is 10.2. The SMILES string of the molecule is CCCCCCCC(c1ccccc1O)C(CC)CCC. The number of rotatable bonds is 11. The first-order valence-electron chi connectivity index (χ1n) is 9.02. The second-order valence-corrected chi connectivity index (χ2v) is 6.33. The number of para-hydroxylation sites is 1. The minimum Gasteiger partial charge on any atom is -0.508 e. The van der Waals surface area contributed by atoms with Gasteiger partial charge in [-0.15, -0.1) is 0 Å². The molecule has 1 aromatic rings. The van der Waals surface area contributed by atoms with Crippen LogP contribution in [0.3, 0.4) is 0 Å². The van der Waals surface area contributed by atoms with Gasteiger partial charge in [-0.25, -0.2) is 0 Å². The number of phenols is 1. The first-order valence-corrected chi connectivity index (χ1v) is 9.02. The summed E-state index contributed by atoms with van der Waals surface area (Å²) < 4.78 is 0. The molecule has 0 bridgehead atoms. The van der Waals surface area contributed by atoms with Crippen molar-refractivity contribution < 1.29 is 5.11 Å². The molecule has 0 saturated carbocycles. The van der Waals surface area contributed by atoms with Gasteiger partial charge in [0.25, 0.3) is 0 Å². The van der Waals surface area contributed by atoms with E-state index in [2.05, 4.69) is 32.9 Å². The van der Waals surface area contributed by atoms with Crippen LogP contribution in [0.4, 0.5) is 0 Å². The van der Waals surface area contributed by atoms with Crippen LogP contribution in [0.5, 0.6) is 5.75 Å². The van der Waals surface area contributed by atoms with Gasteiger partial charge in [-0.2, -0.15) is 0 Å². The fourth-order valence-electron chi connectivity index (χ4n) is 3.47. The maximum Gasteiger partial charge on any atom is 0.119 e. The Morgan fingerprint density at radius 3 is 2.19 bits per heavy atom. The van der Waals surface area contributed by atoms with E-state index in [1.165, 1.54) is 63.4 Å². The molecule has 0 aromatic heterocycles. The molecule has 1 N–H and O–H groups in total. The van der Waals surface area contributed by atoms with Gasteiger partial charge in [-0.1, -0.05) is 90.3 Å². The largest absolute Gasteiger partial charge is 0.508 e. The molecular formula is C20H34O. The van der Waals surface area contributed by atoms with Crippen LogP contribution < -0.4 is 0 Å². The van der Waals surface area contributed by atoms with Crippen LogP contribution in [0.1, 0.15) is 90.0 Å². The molecule has 0 aliphatic rings. The van der Waals surface area contributed by atoms with E-state index in [4.69, 9.17) is 0 Å². The zero-order valence-electron chi connectivity index (χ0n) is 14.3. The standard InChI is InChI=1S/C20H34O/c1-4-7-8-9-10-14-18(17(6-3)13-5-2)19-15-11-12-16-20(19)21/h11-12,15-18,21H,4-10,13-14H2,1-3H3. The average molecular weight is 290 g/mol. The summed E-state index contributed by atoms with van der Waals surface area (Å²) in [7, 11) is 0. The third-order valence-corrected chi connectivity index (χ3v) is 4.71. The molecule has 0 saturated heterocycles. The van der Waals surface area contributed by atoms with Crippen LogP contribution >= 0.6 is 0 Å². The fraction of sp³-hybridized carbons (Fsp3) is 0.700. The highest BCUT2D eigenvalue weighted by molar-refractivity contribution is 5.35. The second-order valence-electron chi connectivity index (χ2n) is 6.33. The van der Waals surface area contributed by atoms with E-state index >= 15 is 0 Å². The highest BCUT2D eigenvalue weighted by Crippen LogP contribution is 2.38. The zero-order chi connectivity index (χ0) is 15.5. The van der Waals surface area contributed by atoms with E-state index in [1.807, 2.05) is 12.1 Å². The third-order valence-electron chi connectivity index (χ3n) is 4.71. The van der Waals surface area contributed by atoms with Crippen LogP contribution in [0.15, 0.2) is 24.3 Å². The summed E-state index contributed by atoms with van der Waals surface area (Å²) in [6.07, 6.45) is 11.6. The minimum absolute atomic E-state index is 0.491. The van der Waals surface area contributed by atoms with Crippen LogP contribution in [0, 0.1) is 5.92 Å². The lowest BCUT2D eigenvalue weighted by atomic mass is 9.78. The van der Waals surface area contributed by atoms with Gasteiger partial charge < -0.3 is 5.11 Å². The number of aromatic hydroxyl groups is 1. The molecule has 0 spiro atoms. The van der Waals surface area contributed by atoms with E-state index < -0.39 is 0 Å². The molecule has 0 radical (unpaired) electrons. The summed E-state index contributed by atoms with van der Waals surface area (Å²) in [4.78, 5) is 0. The average Bonchev–Trinajstić information content (AvgIpc) is 2.50. The number of phenolic OH excluding ortho intramolecular Hbond substituents is 1. The van der Waals surface area contributed by atoms with Crippen molar-refractivity contribution in [3.8, 4) is 5.75 Å². The molecule has 1 nitrogen and oxygen atoms in total. The van der Waals surface area contributed by atoms with Gasteiger partial charge in [0.05, 0.1) is 0 Å². The lowest BCUT2D eigenvalue weighted by Crippen LogP contribution is -2.13. The lowest BCUT2D eigenvalue weighted by Gasteiger charge is -2.27. The molecule has 0 aliphatic heterocycles. The Bertz CT molecular complexity index is 372. The van der Waals surface area contributed by atoms with Crippen molar-refractivity contribution in [3.05, 3.63) is 29.8 Å². The number of hydrogen-bond acceptors (Lipinski definition) is 1. The molecule has 2 atom stereocenters. The highest BCUT2D eigenvalue weighted by Gasteiger charge is 2.23. The summed E-state index contributed by atoms with van der Waals surface area (Å²) in [5, 5.41) is 10.2. The van der Waals surface area contributed by atoms with Gasteiger partial charge in [0.15, 0.2) is 0 Å². The summed E-state index contributed by atoms with van der Waals surface area (Å²) in [5.74, 6) is 1.72. The molecule has 21 heavy (non-hydrogen) atoms. The number of unbranched alkanes of at least 4 members (excludes halogenated alkanes) is 4. The Hall–Kier alpha value is -0.980. The van der Waals surface area contributed by atoms with Crippen LogP contribution in [0.2, 0.25) is 0 Å². The van der Waals surface area contributed by atoms with Gasteiger partial charge in [0, 0.05) is 0 Å². The number of benzene rings is 1. The smallest absolute Gasteiger partial charge is 0.119 e. The van der Waals surface area contributed by atoms with Crippen molar-refractivity contribution in [1.82, 2.24) is 0 Å². The molecule has 120 valence electrons.